The fraction of sp³-hybridized carbons (Fsp3) is 0.316. The number of carbonyl (C=O) groups excluding carboxylic acids is 1. The lowest BCUT2D eigenvalue weighted by atomic mass is 10.0. The summed E-state index contributed by atoms with van der Waals surface area (Å²) in [5.74, 6) is 0. The molecule has 2 aromatic carbocycles. The van der Waals surface area contributed by atoms with Gasteiger partial charge >= 0.3 is 6.09 Å². The Morgan fingerprint density at radius 3 is 2.48 bits per heavy atom. The summed E-state index contributed by atoms with van der Waals surface area (Å²) < 4.78 is 5.62. The number of nitrogens with zero attached hydrogens (tertiary/aromatic N) is 1. The van der Waals surface area contributed by atoms with Crippen molar-refractivity contribution in [2.75, 3.05) is 10.6 Å². The molecule has 23 heavy (non-hydrogen) atoms. The highest BCUT2D eigenvalue weighted by Crippen LogP contribution is 2.42. The van der Waals surface area contributed by atoms with Gasteiger partial charge in [-0.05, 0) is 50.5 Å². The normalized spacial score (nSPS) is 17.0. The van der Waals surface area contributed by atoms with E-state index in [9.17, 15) is 4.79 Å². The number of para-hydroxylation sites is 2. The Kier molecular flexibility index (Phi) is 3.76. The van der Waals surface area contributed by atoms with Crippen LogP contribution in [0.15, 0.2) is 48.5 Å². The molecule has 0 fully saturated rings. The zero-order valence-corrected chi connectivity index (χ0v) is 13.7. The predicted octanol–water partition coefficient (Wildman–Crippen LogP) is 4.31. The molecule has 0 saturated heterocycles. The quantitative estimate of drug-likeness (QED) is 0.799. The number of anilines is 2. The Bertz CT molecular complexity index is 734. The van der Waals surface area contributed by atoms with Gasteiger partial charge in [0.05, 0.1) is 11.7 Å². The summed E-state index contributed by atoms with van der Waals surface area (Å²) in [4.78, 5) is 14.5. The molecule has 1 aliphatic rings. The molecule has 1 heterocycles. The maximum atomic E-state index is 12.8. The smallest absolute Gasteiger partial charge is 0.415 e. The summed E-state index contributed by atoms with van der Waals surface area (Å²) in [6, 6.07) is 15.5. The van der Waals surface area contributed by atoms with E-state index in [0.717, 1.165) is 23.2 Å². The zero-order valence-electron chi connectivity index (χ0n) is 13.7. The van der Waals surface area contributed by atoms with E-state index in [-0.39, 0.29) is 12.1 Å². The van der Waals surface area contributed by atoms with Crippen LogP contribution in [-0.2, 0) is 11.2 Å². The van der Waals surface area contributed by atoms with Gasteiger partial charge in [0.2, 0.25) is 0 Å². The highest BCUT2D eigenvalue weighted by atomic mass is 16.6. The largest absolute Gasteiger partial charge is 0.443 e. The van der Waals surface area contributed by atoms with Gasteiger partial charge in [-0.15, -0.1) is 0 Å². The minimum Gasteiger partial charge on any atom is -0.443 e. The van der Waals surface area contributed by atoms with Gasteiger partial charge in [0.15, 0.2) is 0 Å². The van der Waals surface area contributed by atoms with Crippen LogP contribution < -0.4 is 10.6 Å². The van der Waals surface area contributed by atoms with Crippen molar-refractivity contribution in [3.05, 3.63) is 59.7 Å². The lowest BCUT2D eigenvalue weighted by Gasteiger charge is -2.29. The SMILES string of the molecule is CC(C)(C)OC(=O)N1c2ccccc2CC1c1ccccc1N. The second kappa shape index (κ2) is 5.61. The van der Waals surface area contributed by atoms with E-state index in [4.69, 9.17) is 10.5 Å². The van der Waals surface area contributed by atoms with E-state index < -0.39 is 5.60 Å². The summed E-state index contributed by atoms with van der Waals surface area (Å²) in [6.07, 6.45) is 0.402. The molecule has 0 radical (unpaired) electrons. The summed E-state index contributed by atoms with van der Waals surface area (Å²) in [5.41, 5.74) is 9.28. The fourth-order valence-corrected chi connectivity index (χ4v) is 2.99. The van der Waals surface area contributed by atoms with E-state index in [0.29, 0.717) is 5.69 Å². The number of carbonyl (C=O) groups is 1. The van der Waals surface area contributed by atoms with Crippen LogP contribution in [0.2, 0.25) is 0 Å². The first kappa shape index (κ1) is 15.4. The second-order valence-corrected chi connectivity index (χ2v) is 6.83. The maximum absolute atomic E-state index is 12.8. The van der Waals surface area contributed by atoms with Crippen molar-refractivity contribution in [1.82, 2.24) is 0 Å². The van der Waals surface area contributed by atoms with E-state index in [1.165, 1.54) is 0 Å². The number of hydrogen-bond acceptors (Lipinski definition) is 3. The minimum atomic E-state index is -0.540. The fourth-order valence-electron chi connectivity index (χ4n) is 2.99. The Labute approximate surface area is 136 Å². The summed E-state index contributed by atoms with van der Waals surface area (Å²) >= 11 is 0. The highest BCUT2D eigenvalue weighted by molar-refractivity contribution is 5.92. The monoisotopic (exact) mass is 310 g/mol. The standard InChI is InChI=1S/C19H22N2O2/c1-19(2,3)23-18(22)21-16-11-7-4-8-13(16)12-17(21)14-9-5-6-10-15(14)20/h4-11,17H,12,20H2,1-3H3. The van der Waals surface area contributed by atoms with Crippen LogP contribution in [0.1, 0.15) is 37.9 Å². The number of ether oxygens (including phenoxy) is 1. The van der Waals surface area contributed by atoms with Crippen LogP contribution in [0.3, 0.4) is 0 Å². The van der Waals surface area contributed by atoms with Crippen LogP contribution in [0.5, 0.6) is 0 Å². The number of hydrogen-bond donors (Lipinski definition) is 1. The van der Waals surface area contributed by atoms with Crippen molar-refractivity contribution >= 4 is 17.5 Å². The van der Waals surface area contributed by atoms with Crippen LogP contribution in [0.25, 0.3) is 0 Å². The molecule has 120 valence electrons. The number of fused-ring (bicyclic) bond motifs is 1. The van der Waals surface area contributed by atoms with Crippen molar-refractivity contribution < 1.29 is 9.53 Å². The van der Waals surface area contributed by atoms with Crippen molar-refractivity contribution in [3.63, 3.8) is 0 Å². The molecule has 2 N–H and O–H groups in total. The third kappa shape index (κ3) is 3.02. The van der Waals surface area contributed by atoms with E-state index >= 15 is 0 Å². The highest BCUT2D eigenvalue weighted by Gasteiger charge is 2.37. The molecule has 1 aliphatic heterocycles. The van der Waals surface area contributed by atoms with Gasteiger partial charge < -0.3 is 10.5 Å². The molecule has 0 saturated carbocycles. The molecule has 0 aliphatic carbocycles. The van der Waals surface area contributed by atoms with E-state index in [2.05, 4.69) is 0 Å². The van der Waals surface area contributed by atoms with Gasteiger partial charge in [0.1, 0.15) is 5.60 Å². The molecular formula is C19H22N2O2. The lowest BCUT2D eigenvalue weighted by molar-refractivity contribution is 0.0569. The van der Waals surface area contributed by atoms with Gasteiger partial charge in [-0.25, -0.2) is 4.79 Å². The van der Waals surface area contributed by atoms with Gasteiger partial charge in [-0.2, -0.15) is 0 Å². The lowest BCUT2D eigenvalue weighted by Crippen LogP contribution is -2.37. The first-order valence-corrected chi connectivity index (χ1v) is 7.81. The zero-order chi connectivity index (χ0) is 16.6. The number of benzene rings is 2. The molecule has 1 atom stereocenters. The first-order valence-electron chi connectivity index (χ1n) is 7.81. The van der Waals surface area contributed by atoms with Crippen molar-refractivity contribution in [3.8, 4) is 0 Å². The van der Waals surface area contributed by atoms with Gasteiger partial charge in [0, 0.05) is 5.69 Å². The van der Waals surface area contributed by atoms with Gasteiger partial charge in [-0.3, -0.25) is 4.90 Å². The molecule has 0 bridgehead atoms. The van der Waals surface area contributed by atoms with Crippen molar-refractivity contribution in [1.29, 1.82) is 0 Å². The molecule has 0 aromatic heterocycles. The third-order valence-electron chi connectivity index (χ3n) is 3.92. The average molecular weight is 310 g/mol. The van der Waals surface area contributed by atoms with Crippen molar-refractivity contribution in [2.45, 2.75) is 38.8 Å². The Balaban J connectivity index is 2.03. The summed E-state index contributed by atoms with van der Waals surface area (Å²) in [5, 5.41) is 0. The van der Waals surface area contributed by atoms with Crippen LogP contribution >= 0.6 is 0 Å². The number of nitrogens with two attached hydrogens (primary N) is 1. The van der Waals surface area contributed by atoms with Crippen LogP contribution in [0.4, 0.5) is 16.2 Å². The summed E-state index contributed by atoms with van der Waals surface area (Å²) in [6.45, 7) is 5.62. The molecule has 3 rings (SSSR count). The molecule has 1 unspecified atom stereocenters. The average Bonchev–Trinajstić information content (AvgIpc) is 2.85. The van der Waals surface area contributed by atoms with Gasteiger partial charge in [0.25, 0.3) is 0 Å². The van der Waals surface area contributed by atoms with Gasteiger partial charge in [-0.1, -0.05) is 36.4 Å². The van der Waals surface area contributed by atoms with E-state index in [1.807, 2.05) is 69.3 Å². The molecule has 4 nitrogen and oxygen atoms in total. The Morgan fingerprint density at radius 1 is 1.13 bits per heavy atom. The van der Waals surface area contributed by atoms with Crippen molar-refractivity contribution in [2.24, 2.45) is 0 Å². The Hall–Kier alpha value is -2.49. The number of amides is 1. The molecule has 4 heteroatoms. The minimum absolute atomic E-state index is 0.136. The number of nitrogen functional groups attached to an aromatic ring is 1. The number of rotatable bonds is 1. The maximum Gasteiger partial charge on any atom is 0.415 e. The molecule has 0 spiro atoms. The Morgan fingerprint density at radius 2 is 1.78 bits per heavy atom. The second-order valence-electron chi connectivity index (χ2n) is 6.83. The molecular weight excluding hydrogens is 288 g/mol. The van der Waals surface area contributed by atoms with Crippen LogP contribution in [-0.4, -0.2) is 11.7 Å². The topological polar surface area (TPSA) is 55.6 Å². The van der Waals surface area contributed by atoms with E-state index in [1.54, 1.807) is 4.90 Å². The summed E-state index contributed by atoms with van der Waals surface area (Å²) in [7, 11) is 0. The predicted molar refractivity (Wildman–Crippen MR) is 92.5 cm³/mol. The molecule has 2 aromatic rings. The molecule has 1 amide bonds. The first-order chi connectivity index (χ1) is 10.9. The third-order valence-corrected chi connectivity index (χ3v) is 3.92. The van der Waals surface area contributed by atoms with Crippen LogP contribution in [0, 0.1) is 0 Å².